The van der Waals surface area contributed by atoms with Crippen LogP contribution in [-0.4, -0.2) is 20.5 Å². The summed E-state index contributed by atoms with van der Waals surface area (Å²) in [6, 6.07) is 11.7. The first-order valence-corrected chi connectivity index (χ1v) is 9.53. The van der Waals surface area contributed by atoms with Crippen molar-refractivity contribution in [1.29, 1.82) is 0 Å². The highest BCUT2D eigenvalue weighted by Crippen LogP contribution is 2.22. The molecule has 0 aliphatic heterocycles. The summed E-state index contributed by atoms with van der Waals surface area (Å²) in [5.41, 5.74) is 4.59. The first-order chi connectivity index (χ1) is 13.1. The van der Waals surface area contributed by atoms with Crippen molar-refractivity contribution in [3.05, 3.63) is 76.0 Å². The van der Waals surface area contributed by atoms with E-state index in [1.54, 1.807) is 34.1 Å². The van der Waals surface area contributed by atoms with E-state index in [2.05, 4.69) is 15.4 Å². The zero-order valence-corrected chi connectivity index (χ0v) is 15.5. The van der Waals surface area contributed by atoms with E-state index < -0.39 is 0 Å². The van der Waals surface area contributed by atoms with Crippen molar-refractivity contribution in [3.8, 4) is 11.3 Å². The van der Waals surface area contributed by atoms with E-state index in [0.29, 0.717) is 17.9 Å². The Balaban J connectivity index is 1.61. The first kappa shape index (κ1) is 17.4. The van der Waals surface area contributed by atoms with Crippen LogP contribution in [0, 0.1) is 5.82 Å². The van der Waals surface area contributed by atoms with Gasteiger partial charge in [0, 0.05) is 29.2 Å². The molecule has 4 aromatic rings. The number of thiophene rings is 1. The van der Waals surface area contributed by atoms with Crippen LogP contribution in [0.5, 0.6) is 0 Å². The average molecular weight is 380 g/mol. The smallest absolute Gasteiger partial charge is 0.270 e. The number of hydrogen-bond acceptors (Lipinski definition) is 4. The van der Waals surface area contributed by atoms with Gasteiger partial charge in [0.25, 0.3) is 5.91 Å². The number of hydrogen-bond donors (Lipinski definition) is 1. The molecule has 5 nitrogen and oxygen atoms in total. The molecule has 1 aromatic carbocycles. The maximum absolute atomic E-state index is 13.0. The number of aromatic nitrogens is 3. The number of carbonyl (C=O) groups is 1. The molecule has 27 heavy (non-hydrogen) atoms. The van der Waals surface area contributed by atoms with Crippen LogP contribution in [0.3, 0.4) is 0 Å². The first-order valence-electron chi connectivity index (χ1n) is 8.59. The fraction of sp³-hybridized carbons (Fsp3) is 0.150. The van der Waals surface area contributed by atoms with Gasteiger partial charge < -0.3 is 5.32 Å². The summed E-state index contributed by atoms with van der Waals surface area (Å²) in [5.74, 6) is -0.568. The van der Waals surface area contributed by atoms with Crippen LogP contribution in [0.25, 0.3) is 16.9 Å². The van der Waals surface area contributed by atoms with Crippen LogP contribution in [0.4, 0.5) is 4.39 Å². The van der Waals surface area contributed by atoms with Gasteiger partial charge in [-0.1, -0.05) is 19.1 Å². The molecule has 7 heteroatoms. The van der Waals surface area contributed by atoms with Gasteiger partial charge in [-0.05, 0) is 41.6 Å². The minimum atomic E-state index is -0.299. The molecule has 0 saturated carbocycles. The predicted octanol–water partition coefficient (Wildman–Crippen LogP) is 4.09. The second kappa shape index (κ2) is 7.28. The molecule has 136 valence electrons. The highest BCUT2D eigenvalue weighted by atomic mass is 32.1. The molecule has 0 unspecified atom stereocenters. The van der Waals surface area contributed by atoms with E-state index in [1.165, 1.54) is 12.1 Å². The summed E-state index contributed by atoms with van der Waals surface area (Å²) < 4.78 is 14.8. The third-order valence-electron chi connectivity index (χ3n) is 4.28. The van der Waals surface area contributed by atoms with Crippen molar-refractivity contribution >= 4 is 22.9 Å². The number of amides is 1. The minimum Gasteiger partial charge on any atom is -0.347 e. The molecule has 1 N–H and O–H groups in total. The number of aryl methyl sites for hydroxylation is 1. The van der Waals surface area contributed by atoms with Crippen molar-refractivity contribution in [1.82, 2.24) is 19.9 Å². The molecule has 0 atom stereocenters. The number of benzene rings is 1. The Kier molecular flexibility index (Phi) is 4.68. The number of halogens is 1. The van der Waals surface area contributed by atoms with Gasteiger partial charge in [-0.25, -0.2) is 13.9 Å². The van der Waals surface area contributed by atoms with Gasteiger partial charge in [-0.3, -0.25) is 4.79 Å². The predicted molar refractivity (Wildman–Crippen MR) is 103 cm³/mol. The van der Waals surface area contributed by atoms with E-state index in [4.69, 9.17) is 0 Å². The molecular formula is C20H17FN4OS. The highest BCUT2D eigenvalue weighted by molar-refractivity contribution is 7.08. The van der Waals surface area contributed by atoms with Gasteiger partial charge in [0.05, 0.1) is 5.69 Å². The Morgan fingerprint density at radius 3 is 2.74 bits per heavy atom. The van der Waals surface area contributed by atoms with Crippen molar-refractivity contribution in [3.63, 3.8) is 0 Å². The van der Waals surface area contributed by atoms with Crippen LogP contribution < -0.4 is 5.32 Å². The summed E-state index contributed by atoms with van der Waals surface area (Å²) in [7, 11) is 0. The topological polar surface area (TPSA) is 59.3 Å². The molecular weight excluding hydrogens is 363 g/mol. The molecule has 4 rings (SSSR count). The zero-order valence-electron chi connectivity index (χ0n) is 14.6. The lowest BCUT2D eigenvalue weighted by Crippen LogP contribution is -2.24. The molecule has 0 radical (unpaired) electrons. The lowest BCUT2D eigenvalue weighted by molar-refractivity contribution is 0.0946. The van der Waals surface area contributed by atoms with Gasteiger partial charge in [0.15, 0.2) is 5.65 Å². The van der Waals surface area contributed by atoms with Crippen molar-refractivity contribution in [2.75, 3.05) is 0 Å². The molecule has 1 amide bonds. The molecule has 0 bridgehead atoms. The van der Waals surface area contributed by atoms with Crippen LogP contribution in [0.1, 0.15) is 28.7 Å². The third kappa shape index (κ3) is 3.59. The van der Waals surface area contributed by atoms with Crippen LogP contribution in [-0.2, 0) is 13.0 Å². The fourth-order valence-corrected chi connectivity index (χ4v) is 3.48. The molecule has 3 heterocycles. The lowest BCUT2D eigenvalue weighted by atomic mass is 10.2. The van der Waals surface area contributed by atoms with Crippen molar-refractivity contribution in [2.24, 2.45) is 0 Å². The van der Waals surface area contributed by atoms with Gasteiger partial charge >= 0.3 is 0 Å². The van der Waals surface area contributed by atoms with Crippen molar-refractivity contribution < 1.29 is 9.18 Å². The quantitative estimate of drug-likeness (QED) is 0.567. The number of rotatable bonds is 5. The minimum absolute atomic E-state index is 0.269. The van der Waals surface area contributed by atoms with E-state index >= 15 is 0 Å². The maximum atomic E-state index is 13.0. The van der Waals surface area contributed by atoms with Gasteiger partial charge in [0.1, 0.15) is 11.5 Å². The standard InChI is InChI=1S/C20H17FN4OS/c1-2-16-9-18(20(26)22-11-13-3-5-15(21)6-4-13)23-19-10-17(24-25(16)19)14-7-8-27-12-14/h3-10,12H,2,11H2,1H3,(H,22,26). The Morgan fingerprint density at radius 2 is 2.04 bits per heavy atom. The Hall–Kier alpha value is -3.06. The largest absolute Gasteiger partial charge is 0.347 e. The Morgan fingerprint density at radius 1 is 1.22 bits per heavy atom. The molecule has 0 saturated heterocycles. The molecule has 3 aromatic heterocycles. The molecule has 0 spiro atoms. The maximum Gasteiger partial charge on any atom is 0.270 e. The van der Waals surface area contributed by atoms with Crippen LogP contribution in [0.2, 0.25) is 0 Å². The van der Waals surface area contributed by atoms with E-state index in [0.717, 1.165) is 28.9 Å². The summed E-state index contributed by atoms with van der Waals surface area (Å²) in [6.07, 6.45) is 0.724. The molecule has 0 aliphatic rings. The SMILES string of the molecule is CCc1cc(C(=O)NCc2ccc(F)cc2)nc2cc(-c3ccsc3)nn12. The van der Waals surface area contributed by atoms with Gasteiger partial charge in [-0.2, -0.15) is 16.4 Å². The Labute approximate surface area is 159 Å². The van der Waals surface area contributed by atoms with Crippen LogP contribution in [0.15, 0.2) is 53.2 Å². The molecule has 0 aliphatic carbocycles. The van der Waals surface area contributed by atoms with E-state index in [1.807, 2.05) is 29.8 Å². The second-order valence-electron chi connectivity index (χ2n) is 6.11. The van der Waals surface area contributed by atoms with E-state index in [9.17, 15) is 9.18 Å². The molecule has 0 fully saturated rings. The second-order valence-corrected chi connectivity index (χ2v) is 6.89. The number of nitrogens with one attached hydrogen (secondary N) is 1. The van der Waals surface area contributed by atoms with E-state index in [-0.39, 0.29) is 11.7 Å². The summed E-state index contributed by atoms with van der Waals surface area (Å²) >= 11 is 1.61. The summed E-state index contributed by atoms with van der Waals surface area (Å²) in [6.45, 7) is 2.33. The number of fused-ring (bicyclic) bond motifs is 1. The van der Waals surface area contributed by atoms with Crippen molar-refractivity contribution in [2.45, 2.75) is 19.9 Å². The average Bonchev–Trinajstić information content (AvgIpc) is 3.35. The third-order valence-corrected chi connectivity index (χ3v) is 4.96. The fourth-order valence-electron chi connectivity index (χ4n) is 2.83. The summed E-state index contributed by atoms with van der Waals surface area (Å²) in [4.78, 5) is 17.0. The Bertz CT molecular complexity index is 1090. The van der Waals surface area contributed by atoms with Gasteiger partial charge in [-0.15, -0.1) is 0 Å². The zero-order chi connectivity index (χ0) is 18.8. The monoisotopic (exact) mass is 380 g/mol. The summed E-state index contributed by atoms with van der Waals surface area (Å²) in [5, 5.41) is 11.5. The number of nitrogens with zero attached hydrogens (tertiary/aromatic N) is 3. The van der Waals surface area contributed by atoms with Gasteiger partial charge in [0.2, 0.25) is 0 Å². The number of carbonyl (C=O) groups excluding carboxylic acids is 1. The van der Waals surface area contributed by atoms with Crippen LogP contribution >= 0.6 is 11.3 Å². The normalized spacial score (nSPS) is 11.0. The highest BCUT2D eigenvalue weighted by Gasteiger charge is 2.14. The lowest BCUT2D eigenvalue weighted by Gasteiger charge is -2.08.